The SMILES string of the molecule is COc1cccc(N2CCCC(NC(=O)N3CCOC[C@H]3C)C2)c1. The van der Waals surface area contributed by atoms with E-state index in [-0.39, 0.29) is 18.1 Å². The van der Waals surface area contributed by atoms with Crippen LogP contribution in [0, 0.1) is 0 Å². The van der Waals surface area contributed by atoms with Crippen LogP contribution >= 0.6 is 0 Å². The van der Waals surface area contributed by atoms with Gasteiger partial charge in [0.15, 0.2) is 0 Å². The molecule has 0 aliphatic carbocycles. The van der Waals surface area contributed by atoms with Crippen molar-refractivity contribution in [2.24, 2.45) is 0 Å². The van der Waals surface area contributed by atoms with Gasteiger partial charge in [0.25, 0.3) is 0 Å². The molecular weight excluding hydrogens is 306 g/mol. The number of nitrogens with zero attached hydrogens (tertiary/aromatic N) is 2. The van der Waals surface area contributed by atoms with Crippen molar-refractivity contribution in [1.29, 1.82) is 0 Å². The standard InChI is InChI=1S/C18H27N3O3/c1-14-13-24-10-9-21(14)18(22)19-15-5-4-8-20(12-15)16-6-3-7-17(11-16)23-2/h3,6-7,11,14-15H,4-5,8-10,12-13H2,1-2H3,(H,19,22)/t14-,15?/m1/s1. The van der Waals surface area contributed by atoms with Crippen LogP contribution in [0.15, 0.2) is 24.3 Å². The highest BCUT2D eigenvalue weighted by atomic mass is 16.5. The molecule has 2 fully saturated rings. The molecule has 132 valence electrons. The first-order valence-electron chi connectivity index (χ1n) is 8.71. The number of amides is 2. The predicted molar refractivity (Wildman–Crippen MR) is 93.7 cm³/mol. The molecular formula is C18H27N3O3. The van der Waals surface area contributed by atoms with E-state index in [0.29, 0.717) is 19.8 Å². The van der Waals surface area contributed by atoms with Crippen LogP contribution in [0.2, 0.25) is 0 Å². The van der Waals surface area contributed by atoms with E-state index in [1.165, 1.54) is 0 Å². The lowest BCUT2D eigenvalue weighted by Gasteiger charge is -2.38. The van der Waals surface area contributed by atoms with Crippen LogP contribution in [-0.2, 0) is 4.74 Å². The van der Waals surface area contributed by atoms with Crippen LogP contribution < -0.4 is 15.0 Å². The lowest BCUT2D eigenvalue weighted by molar-refractivity contribution is 0.0183. The van der Waals surface area contributed by atoms with E-state index < -0.39 is 0 Å². The minimum absolute atomic E-state index is 0.0308. The zero-order valence-electron chi connectivity index (χ0n) is 14.5. The fourth-order valence-corrected chi connectivity index (χ4v) is 3.42. The van der Waals surface area contributed by atoms with Crippen LogP contribution in [0.25, 0.3) is 0 Å². The van der Waals surface area contributed by atoms with Crippen molar-refractivity contribution in [2.75, 3.05) is 44.9 Å². The lowest BCUT2D eigenvalue weighted by atomic mass is 10.0. The molecule has 0 saturated carbocycles. The summed E-state index contributed by atoms with van der Waals surface area (Å²) in [4.78, 5) is 16.7. The molecule has 0 spiro atoms. The number of ether oxygens (including phenoxy) is 2. The first-order chi connectivity index (χ1) is 11.7. The normalized spacial score (nSPS) is 24.6. The molecule has 0 radical (unpaired) electrons. The third-order valence-electron chi connectivity index (χ3n) is 4.80. The van der Waals surface area contributed by atoms with E-state index in [1.807, 2.05) is 30.0 Å². The zero-order chi connectivity index (χ0) is 16.9. The number of hydrogen-bond donors (Lipinski definition) is 1. The molecule has 6 heteroatoms. The number of methoxy groups -OCH3 is 1. The Morgan fingerprint density at radius 3 is 3.04 bits per heavy atom. The zero-order valence-corrected chi connectivity index (χ0v) is 14.5. The van der Waals surface area contributed by atoms with Crippen molar-refractivity contribution in [1.82, 2.24) is 10.2 Å². The average Bonchev–Trinajstić information content (AvgIpc) is 2.62. The molecule has 2 aliphatic heterocycles. The Morgan fingerprint density at radius 2 is 2.25 bits per heavy atom. The number of carbonyl (C=O) groups excluding carboxylic acids is 1. The van der Waals surface area contributed by atoms with Crippen molar-refractivity contribution in [2.45, 2.75) is 31.8 Å². The summed E-state index contributed by atoms with van der Waals surface area (Å²) in [5.74, 6) is 0.862. The Hall–Kier alpha value is -1.95. The first kappa shape index (κ1) is 16.9. The molecule has 2 amide bonds. The maximum absolute atomic E-state index is 12.5. The Balaban J connectivity index is 1.59. The summed E-state index contributed by atoms with van der Waals surface area (Å²) in [5, 5.41) is 3.21. The third-order valence-corrected chi connectivity index (χ3v) is 4.80. The van der Waals surface area contributed by atoms with E-state index in [1.54, 1.807) is 7.11 Å². The predicted octanol–water partition coefficient (Wildman–Crippen LogP) is 2.09. The van der Waals surface area contributed by atoms with E-state index in [9.17, 15) is 4.79 Å². The van der Waals surface area contributed by atoms with Crippen LogP contribution in [0.4, 0.5) is 10.5 Å². The van der Waals surface area contributed by atoms with Crippen molar-refractivity contribution in [3.8, 4) is 5.75 Å². The quantitative estimate of drug-likeness (QED) is 0.920. The maximum Gasteiger partial charge on any atom is 0.318 e. The smallest absolute Gasteiger partial charge is 0.318 e. The summed E-state index contributed by atoms with van der Waals surface area (Å²) in [5.41, 5.74) is 1.15. The molecule has 0 aromatic heterocycles. The van der Waals surface area contributed by atoms with Crippen LogP contribution in [0.3, 0.4) is 0 Å². The van der Waals surface area contributed by atoms with Gasteiger partial charge in [-0.2, -0.15) is 0 Å². The molecule has 0 bridgehead atoms. The summed E-state index contributed by atoms with van der Waals surface area (Å²) in [6.07, 6.45) is 2.09. The summed E-state index contributed by atoms with van der Waals surface area (Å²) in [6.45, 7) is 5.78. The fraction of sp³-hybridized carbons (Fsp3) is 0.611. The number of anilines is 1. The minimum Gasteiger partial charge on any atom is -0.497 e. The molecule has 1 aromatic carbocycles. The number of carbonyl (C=O) groups is 1. The third kappa shape index (κ3) is 3.93. The second kappa shape index (κ2) is 7.75. The van der Waals surface area contributed by atoms with Crippen molar-refractivity contribution in [3.63, 3.8) is 0 Å². The Kier molecular flexibility index (Phi) is 5.45. The molecule has 24 heavy (non-hydrogen) atoms. The molecule has 1 unspecified atom stereocenters. The van der Waals surface area contributed by atoms with Crippen LogP contribution in [0.5, 0.6) is 5.75 Å². The average molecular weight is 333 g/mol. The van der Waals surface area contributed by atoms with Gasteiger partial charge in [-0.3, -0.25) is 0 Å². The summed E-state index contributed by atoms with van der Waals surface area (Å²) < 4.78 is 10.7. The van der Waals surface area contributed by atoms with E-state index in [0.717, 1.165) is 37.4 Å². The fourth-order valence-electron chi connectivity index (χ4n) is 3.42. The second-order valence-corrected chi connectivity index (χ2v) is 6.55. The van der Waals surface area contributed by atoms with Gasteiger partial charge in [-0.25, -0.2) is 4.79 Å². The van der Waals surface area contributed by atoms with E-state index in [2.05, 4.69) is 16.3 Å². The van der Waals surface area contributed by atoms with Gasteiger partial charge in [0.05, 0.1) is 26.4 Å². The summed E-state index contributed by atoms with van der Waals surface area (Å²) in [7, 11) is 1.68. The molecule has 3 rings (SSSR count). The topological polar surface area (TPSA) is 54.0 Å². The number of piperidine rings is 1. The van der Waals surface area contributed by atoms with Gasteiger partial charge in [-0.05, 0) is 31.9 Å². The highest BCUT2D eigenvalue weighted by Crippen LogP contribution is 2.24. The molecule has 2 atom stereocenters. The van der Waals surface area contributed by atoms with Gasteiger partial charge in [-0.15, -0.1) is 0 Å². The van der Waals surface area contributed by atoms with Gasteiger partial charge in [0.2, 0.25) is 0 Å². The van der Waals surface area contributed by atoms with Gasteiger partial charge in [0, 0.05) is 37.4 Å². The van der Waals surface area contributed by atoms with E-state index in [4.69, 9.17) is 9.47 Å². The van der Waals surface area contributed by atoms with Crippen LogP contribution in [0.1, 0.15) is 19.8 Å². The number of rotatable bonds is 3. The molecule has 2 aliphatic rings. The van der Waals surface area contributed by atoms with Gasteiger partial charge in [0.1, 0.15) is 5.75 Å². The summed E-state index contributed by atoms with van der Waals surface area (Å²) >= 11 is 0. The number of hydrogen-bond acceptors (Lipinski definition) is 4. The van der Waals surface area contributed by atoms with Gasteiger partial charge < -0.3 is 24.6 Å². The van der Waals surface area contributed by atoms with E-state index >= 15 is 0 Å². The highest BCUT2D eigenvalue weighted by molar-refractivity contribution is 5.75. The monoisotopic (exact) mass is 333 g/mol. The molecule has 1 N–H and O–H groups in total. The van der Waals surface area contributed by atoms with Crippen molar-refractivity contribution >= 4 is 11.7 Å². The Labute approximate surface area is 143 Å². The Bertz CT molecular complexity index is 566. The van der Waals surface area contributed by atoms with Crippen LogP contribution in [-0.4, -0.2) is 63.0 Å². The second-order valence-electron chi connectivity index (χ2n) is 6.55. The Morgan fingerprint density at radius 1 is 1.38 bits per heavy atom. The van der Waals surface area contributed by atoms with Gasteiger partial charge >= 0.3 is 6.03 Å². The largest absolute Gasteiger partial charge is 0.497 e. The highest BCUT2D eigenvalue weighted by Gasteiger charge is 2.27. The number of nitrogens with one attached hydrogen (secondary N) is 1. The first-order valence-corrected chi connectivity index (χ1v) is 8.71. The van der Waals surface area contributed by atoms with Crippen molar-refractivity contribution < 1.29 is 14.3 Å². The number of morpholine rings is 1. The molecule has 2 saturated heterocycles. The van der Waals surface area contributed by atoms with Gasteiger partial charge in [-0.1, -0.05) is 6.07 Å². The molecule has 1 aromatic rings. The lowest BCUT2D eigenvalue weighted by Crippen LogP contribution is -2.56. The summed E-state index contributed by atoms with van der Waals surface area (Å²) in [6, 6.07) is 8.44. The maximum atomic E-state index is 12.5. The minimum atomic E-state index is 0.0308. The molecule has 2 heterocycles. The van der Waals surface area contributed by atoms with Crippen molar-refractivity contribution in [3.05, 3.63) is 24.3 Å². The number of benzene rings is 1. The number of urea groups is 1. The molecule has 6 nitrogen and oxygen atoms in total.